The van der Waals surface area contributed by atoms with Gasteiger partial charge in [0.05, 0.1) is 13.2 Å². The van der Waals surface area contributed by atoms with Gasteiger partial charge in [0.2, 0.25) is 0 Å². The lowest BCUT2D eigenvalue weighted by atomic mass is 10.2. The molecule has 2 rings (SSSR count). The molecule has 0 aromatic carbocycles. The quantitative estimate of drug-likeness (QED) is 0.412. The first-order chi connectivity index (χ1) is 4.83. The molecule has 0 radical (unpaired) electrons. The highest BCUT2D eigenvalue weighted by atomic mass is 16.6. The number of esters is 1. The van der Waals surface area contributed by atoms with Crippen molar-refractivity contribution in [1.29, 1.82) is 0 Å². The molecule has 0 aromatic rings. The Morgan fingerprint density at radius 1 is 1.60 bits per heavy atom. The highest BCUT2D eigenvalue weighted by molar-refractivity contribution is 5.78. The average molecular weight is 142 g/mol. The lowest BCUT2D eigenvalue weighted by Crippen LogP contribution is -2.12. The van der Waals surface area contributed by atoms with Gasteiger partial charge < -0.3 is 9.47 Å². The standard InChI is InChI=1S/C7H10O3/c1-9-7(8)6-5(10-6)4-2-3-4/h4-6H,2-3H2,1H3/t5-,6+/m1/s1. The normalized spacial score (nSPS) is 37.3. The summed E-state index contributed by atoms with van der Waals surface area (Å²) in [6.45, 7) is 0. The van der Waals surface area contributed by atoms with Crippen molar-refractivity contribution in [3.05, 3.63) is 0 Å². The molecular formula is C7H10O3. The molecule has 2 aliphatic rings. The molecule has 1 aliphatic carbocycles. The molecule has 1 saturated heterocycles. The predicted octanol–water partition coefficient (Wildman–Crippen LogP) is 0.337. The molecule has 3 nitrogen and oxygen atoms in total. The summed E-state index contributed by atoms with van der Waals surface area (Å²) in [6, 6.07) is 0. The number of ether oxygens (including phenoxy) is 2. The van der Waals surface area contributed by atoms with Gasteiger partial charge in [-0.15, -0.1) is 0 Å². The van der Waals surface area contributed by atoms with Crippen LogP contribution in [0, 0.1) is 5.92 Å². The van der Waals surface area contributed by atoms with Crippen LogP contribution in [0.25, 0.3) is 0 Å². The first kappa shape index (κ1) is 6.16. The maximum absolute atomic E-state index is 10.8. The molecule has 0 N–H and O–H groups in total. The third-order valence-corrected chi connectivity index (χ3v) is 2.05. The zero-order valence-corrected chi connectivity index (χ0v) is 5.87. The van der Waals surface area contributed by atoms with E-state index in [1.807, 2.05) is 0 Å². The smallest absolute Gasteiger partial charge is 0.337 e. The van der Waals surface area contributed by atoms with Gasteiger partial charge in [-0.05, 0) is 18.8 Å². The zero-order chi connectivity index (χ0) is 7.14. The van der Waals surface area contributed by atoms with Gasteiger partial charge in [0.1, 0.15) is 0 Å². The Labute approximate surface area is 59.3 Å². The lowest BCUT2D eigenvalue weighted by molar-refractivity contribution is -0.142. The summed E-state index contributed by atoms with van der Waals surface area (Å²) in [4.78, 5) is 10.8. The van der Waals surface area contributed by atoms with E-state index < -0.39 is 0 Å². The minimum absolute atomic E-state index is 0.201. The topological polar surface area (TPSA) is 38.8 Å². The third kappa shape index (κ3) is 0.904. The molecule has 2 atom stereocenters. The van der Waals surface area contributed by atoms with Crippen LogP contribution in [0.1, 0.15) is 12.8 Å². The molecule has 0 spiro atoms. The summed E-state index contributed by atoms with van der Waals surface area (Å²) in [5.41, 5.74) is 0. The summed E-state index contributed by atoms with van der Waals surface area (Å²) < 4.78 is 9.64. The van der Waals surface area contributed by atoms with E-state index in [0.717, 1.165) is 0 Å². The number of hydrogen-bond donors (Lipinski definition) is 0. The molecule has 0 bridgehead atoms. The predicted molar refractivity (Wildman–Crippen MR) is 33.4 cm³/mol. The largest absolute Gasteiger partial charge is 0.467 e. The highest BCUT2D eigenvalue weighted by Crippen LogP contribution is 2.44. The number of rotatable bonds is 2. The van der Waals surface area contributed by atoms with Gasteiger partial charge in [0.25, 0.3) is 0 Å². The van der Waals surface area contributed by atoms with Crippen molar-refractivity contribution < 1.29 is 14.3 Å². The first-order valence-corrected chi connectivity index (χ1v) is 3.56. The summed E-state index contributed by atoms with van der Waals surface area (Å²) >= 11 is 0. The van der Waals surface area contributed by atoms with Crippen LogP contribution in [0.15, 0.2) is 0 Å². The lowest BCUT2D eigenvalue weighted by Gasteiger charge is -1.90. The van der Waals surface area contributed by atoms with Crippen molar-refractivity contribution in [2.24, 2.45) is 5.92 Å². The second-order valence-electron chi connectivity index (χ2n) is 2.88. The monoisotopic (exact) mass is 142 g/mol. The number of carbonyl (C=O) groups excluding carboxylic acids is 1. The molecule has 0 unspecified atom stereocenters. The molecule has 0 amide bonds. The van der Waals surface area contributed by atoms with E-state index in [9.17, 15) is 4.79 Å². The maximum Gasteiger partial charge on any atom is 0.337 e. The van der Waals surface area contributed by atoms with E-state index in [-0.39, 0.29) is 18.2 Å². The molecule has 1 aliphatic heterocycles. The van der Waals surface area contributed by atoms with Crippen molar-refractivity contribution in [2.45, 2.75) is 25.0 Å². The van der Waals surface area contributed by atoms with Crippen LogP contribution in [0.4, 0.5) is 0 Å². The van der Waals surface area contributed by atoms with Crippen LogP contribution >= 0.6 is 0 Å². The van der Waals surface area contributed by atoms with Crippen LogP contribution in [0.3, 0.4) is 0 Å². The number of methoxy groups -OCH3 is 1. The summed E-state index contributed by atoms with van der Waals surface area (Å²) in [6.07, 6.45) is 2.42. The number of epoxide rings is 1. The summed E-state index contributed by atoms with van der Waals surface area (Å²) in [5, 5.41) is 0. The molecule has 0 aromatic heterocycles. The van der Waals surface area contributed by atoms with Crippen LogP contribution in [0.5, 0.6) is 0 Å². The Hall–Kier alpha value is -0.570. The van der Waals surface area contributed by atoms with Crippen LogP contribution in [-0.2, 0) is 14.3 Å². The van der Waals surface area contributed by atoms with Crippen molar-refractivity contribution in [1.82, 2.24) is 0 Å². The van der Waals surface area contributed by atoms with Gasteiger partial charge in [0.15, 0.2) is 6.10 Å². The van der Waals surface area contributed by atoms with Crippen LogP contribution < -0.4 is 0 Å². The van der Waals surface area contributed by atoms with Crippen LogP contribution in [0.2, 0.25) is 0 Å². The van der Waals surface area contributed by atoms with Gasteiger partial charge in [-0.1, -0.05) is 0 Å². The minimum Gasteiger partial charge on any atom is -0.467 e. The van der Waals surface area contributed by atoms with E-state index in [4.69, 9.17) is 4.74 Å². The van der Waals surface area contributed by atoms with Gasteiger partial charge in [0, 0.05) is 0 Å². The molecular weight excluding hydrogens is 132 g/mol. The second-order valence-corrected chi connectivity index (χ2v) is 2.88. The Kier molecular flexibility index (Phi) is 1.20. The third-order valence-electron chi connectivity index (χ3n) is 2.05. The van der Waals surface area contributed by atoms with E-state index in [0.29, 0.717) is 5.92 Å². The first-order valence-electron chi connectivity index (χ1n) is 3.56. The average Bonchev–Trinajstić information content (AvgIpc) is 2.74. The van der Waals surface area contributed by atoms with Gasteiger partial charge in [-0.2, -0.15) is 0 Å². The van der Waals surface area contributed by atoms with E-state index >= 15 is 0 Å². The molecule has 10 heavy (non-hydrogen) atoms. The fraction of sp³-hybridized carbons (Fsp3) is 0.857. The molecule has 1 heterocycles. The maximum atomic E-state index is 10.8. The molecule has 1 saturated carbocycles. The fourth-order valence-corrected chi connectivity index (χ4v) is 1.21. The highest BCUT2D eigenvalue weighted by Gasteiger charge is 2.54. The van der Waals surface area contributed by atoms with Gasteiger partial charge in [-0.3, -0.25) is 0 Å². The molecule has 56 valence electrons. The minimum atomic E-state index is -0.225. The zero-order valence-electron chi connectivity index (χ0n) is 5.87. The van der Waals surface area contributed by atoms with Crippen molar-refractivity contribution in [3.8, 4) is 0 Å². The number of carbonyl (C=O) groups is 1. The van der Waals surface area contributed by atoms with Gasteiger partial charge in [-0.25, -0.2) is 4.79 Å². The Bertz CT molecular complexity index is 162. The second kappa shape index (κ2) is 1.95. The summed E-state index contributed by atoms with van der Waals surface area (Å²) in [5.74, 6) is 0.445. The van der Waals surface area contributed by atoms with Crippen molar-refractivity contribution in [2.75, 3.05) is 7.11 Å². The fourth-order valence-electron chi connectivity index (χ4n) is 1.21. The number of hydrogen-bond acceptors (Lipinski definition) is 3. The SMILES string of the molecule is COC(=O)[C@H]1O[C@@H]1C1CC1. The Morgan fingerprint density at radius 3 is 2.80 bits per heavy atom. The summed E-state index contributed by atoms with van der Waals surface area (Å²) in [7, 11) is 1.40. The molecule has 2 fully saturated rings. The van der Waals surface area contributed by atoms with E-state index in [2.05, 4.69) is 4.74 Å². The van der Waals surface area contributed by atoms with E-state index in [1.54, 1.807) is 0 Å². The van der Waals surface area contributed by atoms with Crippen LogP contribution in [-0.4, -0.2) is 25.3 Å². The van der Waals surface area contributed by atoms with Crippen molar-refractivity contribution >= 4 is 5.97 Å². The Morgan fingerprint density at radius 2 is 2.30 bits per heavy atom. The Balaban J connectivity index is 1.82. The molecule has 3 heteroatoms. The van der Waals surface area contributed by atoms with E-state index in [1.165, 1.54) is 20.0 Å². The van der Waals surface area contributed by atoms with Crippen molar-refractivity contribution in [3.63, 3.8) is 0 Å². The van der Waals surface area contributed by atoms with Gasteiger partial charge >= 0.3 is 5.97 Å².